The third-order valence-electron chi connectivity index (χ3n) is 1.18. The smallest absolute Gasteiger partial charge is 0.129 e. The molecule has 0 fully saturated rings. The van der Waals surface area contributed by atoms with Crippen LogP contribution in [0.25, 0.3) is 0 Å². The number of rotatable bonds is 4. The molecule has 1 heteroatoms. The van der Waals surface area contributed by atoms with Crippen LogP contribution in [0.1, 0.15) is 44.1 Å². The van der Waals surface area contributed by atoms with Crippen LogP contribution in [0.15, 0.2) is 11.6 Å². The van der Waals surface area contributed by atoms with Gasteiger partial charge in [-0.1, -0.05) is 11.6 Å². The van der Waals surface area contributed by atoms with Gasteiger partial charge in [0.05, 0.1) is 0 Å². The van der Waals surface area contributed by atoms with Crippen LogP contribution >= 0.6 is 0 Å². The summed E-state index contributed by atoms with van der Waals surface area (Å²) in [5.41, 5.74) is 0.413. The molecule has 0 aliphatic carbocycles. The molecule has 0 aliphatic heterocycles. The topological polar surface area (TPSA) is 17.1 Å². The molecular weight excluding hydrogens is 124 g/mol. The minimum absolute atomic E-state index is 0.153. The Morgan fingerprint density at radius 2 is 2.30 bits per heavy atom. The van der Waals surface area contributed by atoms with Gasteiger partial charge in [-0.2, -0.15) is 0 Å². The summed E-state index contributed by atoms with van der Waals surface area (Å²) in [4.78, 5) is 10.6. The molecule has 0 unspecified atom stereocenters. The van der Waals surface area contributed by atoms with E-state index in [-0.39, 0.29) is 5.78 Å². The van der Waals surface area contributed by atoms with Crippen LogP contribution in [0.2, 0.25) is 0 Å². The molecule has 58 valence electrons. The average Bonchev–Trinajstić information content (AvgIpc) is 1.95. The van der Waals surface area contributed by atoms with E-state index in [1.807, 2.05) is 0 Å². The monoisotopic (exact) mass is 143 g/mol. The van der Waals surface area contributed by atoms with Gasteiger partial charge in [-0.05, 0) is 33.5 Å². The Morgan fingerprint density at radius 1 is 1.60 bits per heavy atom. The van der Waals surface area contributed by atoms with Crippen molar-refractivity contribution in [3.8, 4) is 0 Å². The highest BCUT2D eigenvalue weighted by atomic mass is 16.1. The zero-order valence-electron chi connectivity index (χ0n) is 9.61. The molecule has 0 aromatic heterocycles. The van der Waals surface area contributed by atoms with Crippen molar-refractivity contribution >= 4 is 5.78 Å². The van der Waals surface area contributed by atoms with Crippen molar-refractivity contribution in [3.05, 3.63) is 11.6 Å². The van der Waals surface area contributed by atoms with Gasteiger partial charge in [0.25, 0.3) is 0 Å². The highest BCUT2D eigenvalue weighted by molar-refractivity contribution is 5.75. The van der Waals surface area contributed by atoms with Crippen LogP contribution in [0.3, 0.4) is 0 Å². The minimum Gasteiger partial charge on any atom is -0.300 e. The Hall–Kier alpha value is -0.590. The number of Topliss-reactive ketones (excluding diaryl/α,β-unsaturated/α-hetero) is 1. The summed E-state index contributed by atoms with van der Waals surface area (Å²) in [5.74, 6) is 0.153. The van der Waals surface area contributed by atoms with Crippen LogP contribution in [0.4, 0.5) is 0 Å². The minimum atomic E-state index is -1.98. The number of unbranched alkanes of at least 4 members (excludes halogenated alkanes) is 1. The number of ketones is 1. The van der Waals surface area contributed by atoms with Gasteiger partial charge in [0, 0.05) is 10.5 Å². The number of carbonyl (C=O) groups is 1. The summed E-state index contributed by atoms with van der Waals surface area (Å²) in [6.07, 6.45) is 3.63. The zero-order chi connectivity index (χ0) is 10.5. The molecule has 0 bridgehead atoms. The second-order valence-electron chi connectivity index (χ2n) is 2.48. The Kier molecular flexibility index (Phi) is 2.67. The van der Waals surface area contributed by atoms with Crippen LogP contribution in [0.5, 0.6) is 0 Å². The lowest BCUT2D eigenvalue weighted by atomic mass is 10.1. The molecule has 0 N–H and O–H groups in total. The van der Waals surface area contributed by atoms with E-state index in [9.17, 15) is 4.79 Å². The van der Waals surface area contributed by atoms with E-state index in [0.29, 0.717) is 18.4 Å². The highest BCUT2D eigenvalue weighted by Crippen LogP contribution is 2.00. The molecule has 1 nitrogen and oxygen atoms in total. The summed E-state index contributed by atoms with van der Waals surface area (Å²) in [6, 6.07) is 0. The van der Waals surface area contributed by atoms with Crippen LogP contribution in [0, 0.1) is 0 Å². The molecule has 0 atom stereocenters. The Labute approximate surface area is 67.3 Å². The van der Waals surface area contributed by atoms with Gasteiger partial charge in [0.15, 0.2) is 0 Å². The predicted molar refractivity (Wildman–Crippen MR) is 44.0 cm³/mol. The quantitative estimate of drug-likeness (QED) is 0.437. The normalized spacial score (nSPS) is 17.4. The molecule has 10 heavy (non-hydrogen) atoms. The standard InChI is InChI=1S/C9H16O/c1-8(2)6-4-5-7-9(3)10/h6H,4-5,7H2,1-3H3/i1D3/b8-6+. The van der Waals surface area contributed by atoms with E-state index in [0.717, 1.165) is 6.42 Å². The highest BCUT2D eigenvalue weighted by Gasteiger charge is 1.90. The van der Waals surface area contributed by atoms with Gasteiger partial charge in [-0.25, -0.2) is 0 Å². The molecule has 0 heterocycles. The van der Waals surface area contributed by atoms with Crippen LogP contribution < -0.4 is 0 Å². The van der Waals surface area contributed by atoms with Gasteiger partial charge in [0.1, 0.15) is 5.78 Å². The number of hydrogen-bond donors (Lipinski definition) is 0. The largest absolute Gasteiger partial charge is 0.300 e. The van der Waals surface area contributed by atoms with Crippen molar-refractivity contribution in [2.45, 2.75) is 40.0 Å². The summed E-state index contributed by atoms with van der Waals surface area (Å²) in [7, 11) is 0. The van der Waals surface area contributed by atoms with Crippen molar-refractivity contribution < 1.29 is 8.91 Å². The summed E-state index contributed by atoms with van der Waals surface area (Å²) in [5, 5.41) is 0. The maximum absolute atomic E-state index is 10.6. The number of hydrogen-bond acceptors (Lipinski definition) is 1. The molecule has 0 saturated heterocycles. The third-order valence-corrected chi connectivity index (χ3v) is 1.18. The fraction of sp³-hybridized carbons (Fsp3) is 0.667. The SMILES string of the molecule is [2H]C([2H])([2H])/C(C)=C\CCCC(C)=O. The first kappa shape index (κ1) is 5.11. The predicted octanol–water partition coefficient (Wildman–Crippen LogP) is 2.71. The van der Waals surface area contributed by atoms with E-state index >= 15 is 0 Å². The van der Waals surface area contributed by atoms with Gasteiger partial charge < -0.3 is 4.79 Å². The van der Waals surface area contributed by atoms with Gasteiger partial charge in [-0.15, -0.1) is 0 Å². The summed E-state index contributed by atoms with van der Waals surface area (Å²) < 4.78 is 21.2. The molecule has 0 saturated carbocycles. The summed E-state index contributed by atoms with van der Waals surface area (Å²) >= 11 is 0. The van der Waals surface area contributed by atoms with E-state index < -0.39 is 6.85 Å². The number of allylic oxidation sites excluding steroid dienone is 2. The Bertz CT molecular complexity index is 203. The molecule has 0 amide bonds. The van der Waals surface area contributed by atoms with Crippen molar-refractivity contribution in [2.75, 3.05) is 0 Å². The molecule has 0 aromatic carbocycles. The molecule has 0 aliphatic rings. The van der Waals surface area contributed by atoms with Gasteiger partial charge in [0.2, 0.25) is 0 Å². The van der Waals surface area contributed by atoms with Gasteiger partial charge >= 0.3 is 0 Å². The number of carbonyl (C=O) groups excluding carboxylic acids is 1. The van der Waals surface area contributed by atoms with E-state index in [1.165, 1.54) is 0 Å². The van der Waals surface area contributed by atoms with Crippen molar-refractivity contribution in [1.82, 2.24) is 0 Å². The first-order valence-electron chi connectivity index (χ1n) is 5.00. The van der Waals surface area contributed by atoms with Crippen molar-refractivity contribution in [1.29, 1.82) is 0 Å². The second-order valence-corrected chi connectivity index (χ2v) is 2.48. The lowest BCUT2D eigenvalue weighted by Gasteiger charge is -1.92. The Morgan fingerprint density at radius 3 is 2.80 bits per heavy atom. The van der Waals surface area contributed by atoms with Crippen molar-refractivity contribution in [2.24, 2.45) is 0 Å². The first-order chi connectivity index (χ1) is 5.84. The van der Waals surface area contributed by atoms with E-state index in [1.54, 1.807) is 19.9 Å². The fourth-order valence-corrected chi connectivity index (χ4v) is 0.670. The van der Waals surface area contributed by atoms with E-state index in [4.69, 9.17) is 4.11 Å². The maximum atomic E-state index is 10.6. The molecule has 0 aromatic rings. The average molecular weight is 143 g/mol. The second kappa shape index (κ2) is 5.21. The maximum Gasteiger partial charge on any atom is 0.129 e. The lowest BCUT2D eigenvalue weighted by Crippen LogP contribution is -1.87. The van der Waals surface area contributed by atoms with Crippen molar-refractivity contribution in [3.63, 3.8) is 0 Å². The van der Waals surface area contributed by atoms with Crippen LogP contribution in [-0.2, 0) is 4.79 Å². The van der Waals surface area contributed by atoms with Crippen LogP contribution in [-0.4, -0.2) is 5.78 Å². The first-order valence-corrected chi connectivity index (χ1v) is 3.50. The van der Waals surface area contributed by atoms with Gasteiger partial charge in [-0.3, -0.25) is 0 Å². The lowest BCUT2D eigenvalue weighted by molar-refractivity contribution is -0.117. The zero-order valence-corrected chi connectivity index (χ0v) is 6.61. The third kappa shape index (κ3) is 7.41. The summed E-state index contributed by atoms with van der Waals surface area (Å²) in [6.45, 7) is 1.16. The molecular formula is C9H16O. The fourth-order valence-electron chi connectivity index (χ4n) is 0.670. The molecule has 0 rings (SSSR count). The Balaban J connectivity index is 3.79. The molecule has 0 spiro atoms. The van der Waals surface area contributed by atoms with E-state index in [2.05, 4.69) is 0 Å². The molecule has 0 radical (unpaired) electrons.